The fourth-order valence-corrected chi connectivity index (χ4v) is 4.40. The number of rotatable bonds is 7. The highest BCUT2D eigenvalue weighted by Crippen LogP contribution is 2.40. The predicted molar refractivity (Wildman–Crippen MR) is 125 cm³/mol. The lowest BCUT2D eigenvalue weighted by molar-refractivity contribution is -0.153. The van der Waals surface area contributed by atoms with Gasteiger partial charge in [-0.15, -0.1) is 0 Å². The van der Waals surface area contributed by atoms with E-state index in [1.165, 1.54) is 7.11 Å². The van der Waals surface area contributed by atoms with E-state index in [-0.39, 0.29) is 30.3 Å². The van der Waals surface area contributed by atoms with Crippen molar-refractivity contribution in [1.82, 2.24) is 9.80 Å². The molecule has 1 amide bonds. The molecule has 2 heterocycles. The van der Waals surface area contributed by atoms with Crippen LogP contribution < -0.4 is 0 Å². The third kappa shape index (κ3) is 5.78. The third-order valence-electron chi connectivity index (χ3n) is 6.98. The Labute approximate surface area is 194 Å². The molecule has 8 nitrogen and oxygen atoms in total. The van der Waals surface area contributed by atoms with Crippen LogP contribution in [0.4, 0.5) is 4.79 Å². The molecule has 0 aromatic carbocycles. The van der Waals surface area contributed by atoms with E-state index >= 15 is 0 Å². The largest absolute Gasteiger partial charge is 0.467 e. The summed E-state index contributed by atoms with van der Waals surface area (Å²) in [6, 6.07) is 0.0460. The Morgan fingerprint density at radius 2 is 1.66 bits per heavy atom. The van der Waals surface area contributed by atoms with Gasteiger partial charge in [0.15, 0.2) is 0 Å². The molecular weight excluding hydrogens is 411 g/mol. The Morgan fingerprint density at radius 1 is 1.09 bits per heavy atom. The Bertz CT molecular complexity index is 674. The second-order valence-electron chi connectivity index (χ2n) is 11.4. The highest BCUT2D eigenvalue weighted by Gasteiger charge is 2.55. The Hall–Kier alpha value is -1.32. The summed E-state index contributed by atoms with van der Waals surface area (Å²) in [6.07, 6.45) is 2.82. The predicted octanol–water partition coefficient (Wildman–Crippen LogP) is 3.73. The number of likely N-dealkylation sites (tertiary alicyclic amines) is 1. The van der Waals surface area contributed by atoms with Gasteiger partial charge < -0.3 is 23.7 Å². The van der Waals surface area contributed by atoms with Crippen LogP contribution in [0.1, 0.15) is 74.1 Å². The first-order valence-corrected chi connectivity index (χ1v) is 11.7. The first kappa shape index (κ1) is 26.9. The molecule has 0 bridgehead atoms. The average Bonchev–Trinajstić information content (AvgIpc) is 3.12. The van der Waals surface area contributed by atoms with Crippen LogP contribution in [0.2, 0.25) is 6.32 Å². The van der Waals surface area contributed by atoms with Crippen molar-refractivity contribution in [2.45, 2.75) is 109 Å². The summed E-state index contributed by atoms with van der Waals surface area (Å²) in [5.41, 5.74) is -2.40. The van der Waals surface area contributed by atoms with Crippen LogP contribution in [-0.2, 0) is 23.6 Å². The van der Waals surface area contributed by atoms with E-state index in [1.807, 2.05) is 67.5 Å². The van der Waals surface area contributed by atoms with E-state index in [2.05, 4.69) is 0 Å². The summed E-state index contributed by atoms with van der Waals surface area (Å²) < 4.78 is 23.0. The molecule has 0 spiro atoms. The van der Waals surface area contributed by atoms with Gasteiger partial charge >= 0.3 is 19.2 Å². The molecule has 32 heavy (non-hydrogen) atoms. The number of esters is 1. The van der Waals surface area contributed by atoms with Crippen LogP contribution in [0.3, 0.4) is 0 Å². The number of likely N-dealkylation sites (N-methyl/N-ethyl adjacent to an activating group) is 1. The molecule has 2 unspecified atom stereocenters. The molecule has 2 saturated heterocycles. The minimum Gasteiger partial charge on any atom is -0.467 e. The molecule has 2 aliphatic heterocycles. The maximum absolute atomic E-state index is 13.1. The normalized spacial score (nSPS) is 27.2. The lowest BCUT2D eigenvalue weighted by Gasteiger charge is -2.36. The number of carbonyl (C=O) groups is 2. The van der Waals surface area contributed by atoms with Gasteiger partial charge in [0.2, 0.25) is 0 Å². The lowest BCUT2D eigenvalue weighted by Crippen LogP contribution is -2.54. The first-order chi connectivity index (χ1) is 14.5. The number of amides is 1. The van der Waals surface area contributed by atoms with Gasteiger partial charge in [-0.2, -0.15) is 0 Å². The minimum absolute atomic E-state index is 0.0460. The monoisotopic (exact) mass is 454 g/mol. The topological polar surface area (TPSA) is 77.5 Å². The van der Waals surface area contributed by atoms with Crippen LogP contribution in [0.5, 0.6) is 0 Å². The van der Waals surface area contributed by atoms with Gasteiger partial charge in [-0.05, 0) is 81.7 Å². The third-order valence-corrected chi connectivity index (χ3v) is 6.98. The van der Waals surface area contributed by atoms with Gasteiger partial charge in [0, 0.05) is 12.6 Å². The fourth-order valence-electron chi connectivity index (χ4n) is 4.40. The fraction of sp³-hybridized carbons (Fsp3) is 0.913. The molecule has 0 saturated carbocycles. The standard InChI is InChI=1S/C23H43BN2O6/c1-20(2,3)30-19(28)26-16-17(25(8)9)15-23(26,18(27)29-10)13-11-12-14-24-31-21(4,5)22(6,7)32-24/h17H,11-16H2,1-10H3. The van der Waals surface area contributed by atoms with Crippen LogP contribution in [-0.4, -0.2) is 85.1 Å². The van der Waals surface area contributed by atoms with Gasteiger partial charge in [0.05, 0.1) is 18.3 Å². The molecule has 0 radical (unpaired) electrons. The highest BCUT2D eigenvalue weighted by molar-refractivity contribution is 6.45. The van der Waals surface area contributed by atoms with E-state index in [0.717, 1.165) is 19.2 Å². The van der Waals surface area contributed by atoms with Crippen LogP contribution in [0, 0.1) is 0 Å². The number of methoxy groups -OCH3 is 1. The SMILES string of the molecule is COC(=O)C1(CCCCB2OC(C)(C)C(C)(C)O2)CC(N(C)C)CN1C(=O)OC(C)(C)C. The molecule has 0 aromatic rings. The van der Waals surface area contributed by atoms with E-state index in [0.29, 0.717) is 19.4 Å². The zero-order valence-corrected chi connectivity index (χ0v) is 21.7. The summed E-state index contributed by atoms with van der Waals surface area (Å²) in [7, 11) is 5.03. The summed E-state index contributed by atoms with van der Waals surface area (Å²) in [5.74, 6) is -0.386. The van der Waals surface area contributed by atoms with Gasteiger partial charge in [-0.25, -0.2) is 9.59 Å². The number of nitrogens with zero attached hydrogens (tertiary/aromatic N) is 2. The maximum atomic E-state index is 13.1. The number of hydrogen-bond donors (Lipinski definition) is 0. The second-order valence-corrected chi connectivity index (χ2v) is 11.4. The van der Waals surface area contributed by atoms with Crippen molar-refractivity contribution in [1.29, 1.82) is 0 Å². The highest BCUT2D eigenvalue weighted by atomic mass is 16.7. The van der Waals surface area contributed by atoms with Crippen molar-refractivity contribution in [2.24, 2.45) is 0 Å². The van der Waals surface area contributed by atoms with Gasteiger partial charge in [-0.1, -0.05) is 12.8 Å². The Morgan fingerprint density at radius 3 is 2.12 bits per heavy atom. The van der Waals surface area contributed by atoms with Crippen molar-refractivity contribution in [3.63, 3.8) is 0 Å². The van der Waals surface area contributed by atoms with Crippen molar-refractivity contribution >= 4 is 19.2 Å². The van der Waals surface area contributed by atoms with Crippen molar-refractivity contribution in [3.05, 3.63) is 0 Å². The van der Waals surface area contributed by atoms with Crippen molar-refractivity contribution in [3.8, 4) is 0 Å². The molecule has 0 aliphatic carbocycles. The van der Waals surface area contributed by atoms with E-state index in [4.69, 9.17) is 18.8 Å². The van der Waals surface area contributed by atoms with Crippen LogP contribution in [0.25, 0.3) is 0 Å². The molecule has 2 fully saturated rings. The zero-order chi connectivity index (χ0) is 24.5. The lowest BCUT2D eigenvalue weighted by atomic mass is 9.80. The number of hydrogen-bond acceptors (Lipinski definition) is 7. The molecule has 2 rings (SSSR count). The Kier molecular flexibility index (Phi) is 8.00. The molecule has 2 atom stereocenters. The average molecular weight is 454 g/mol. The number of unbranched alkanes of at least 4 members (excludes halogenated alkanes) is 1. The van der Waals surface area contributed by atoms with Crippen molar-refractivity contribution in [2.75, 3.05) is 27.7 Å². The summed E-state index contributed by atoms with van der Waals surface area (Å²) in [4.78, 5) is 29.8. The molecule has 9 heteroatoms. The van der Waals surface area contributed by atoms with Gasteiger partial charge in [0.25, 0.3) is 0 Å². The van der Waals surface area contributed by atoms with Crippen LogP contribution in [0.15, 0.2) is 0 Å². The van der Waals surface area contributed by atoms with E-state index in [9.17, 15) is 9.59 Å². The molecule has 0 aromatic heterocycles. The maximum Gasteiger partial charge on any atom is 0.457 e. The van der Waals surface area contributed by atoms with Gasteiger partial charge in [0.1, 0.15) is 11.1 Å². The number of carbonyl (C=O) groups excluding carboxylic acids is 2. The minimum atomic E-state index is -1.04. The molecule has 184 valence electrons. The second kappa shape index (κ2) is 9.51. The summed E-state index contributed by atoms with van der Waals surface area (Å²) >= 11 is 0. The van der Waals surface area contributed by atoms with Crippen LogP contribution >= 0.6 is 0 Å². The quantitative estimate of drug-likeness (QED) is 0.330. The molecular formula is C23H43BN2O6. The number of ether oxygens (including phenoxy) is 2. The summed E-state index contributed by atoms with van der Waals surface area (Å²) in [6.45, 7) is 14.1. The zero-order valence-electron chi connectivity index (χ0n) is 21.7. The molecule has 0 N–H and O–H groups in total. The van der Waals surface area contributed by atoms with E-state index in [1.54, 1.807) is 4.90 Å². The van der Waals surface area contributed by atoms with E-state index < -0.39 is 17.2 Å². The van der Waals surface area contributed by atoms with Crippen molar-refractivity contribution < 1.29 is 28.4 Å². The molecule has 2 aliphatic rings. The van der Waals surface area contributed by atoms with Gasteiger partial charge in [-0.3, -0.25) is 4.90 Å². The Balaban J connectivity index is 2.12. The smallest absolute Gasteiger partial charge is 0.457 e. The summed E-state index contributed by atoms with van der Waals surface area (Å²) in [5, 5.41) is 0. The first-order valence-electron chi connectivity index (χ1n) is 11.7.